The van der Waals surface area contributed by atoms with E-state index in [1.807, 2.05) is 32.0 Å². The third-order valence-electron chi connectivity index (χ3n) is 6.90. The number of anilines is 1. The molecular weight excluding hydrogens is 274 g/mol. The molecular formula is C19H25NO2. The zero-order chi connectivity index (χ0) is 16.3. The van der Waals surface area contributed by atoms with Gasteiger partial charge in [0.2, 0.25) is 5.91 Å². The summed E-state index contributed by atoms with van der Waals surface area (Å²) in [5, 5.41) is 3.07. The summed E-state index contributed by atoms with van der Waals surface area (Å²) in [4.78, 5) is 25.5. The molecule has 2 bridgehead atoms. The van der Waals surface area contributed by atoms with E-state index in [0.717, 1.165) is 24.1 Å². The molecule has 1 amide bonds. The Morgan fingerprint density at radius 1 is 1.09 bits per heavy atom. The first-order valence-electron chi connectivity index (χ1n) is 8.06. The fourth-order valence-corrected chi connectivity index (χ4v) is 4.43. The Labute approximate surface area is 132 Å². The molecule has 2 saturated carbocycles. The average Bonchev–Trinajstić information content (AvgIpc) is 2.73. The van der Waals surface area contributed by atoms with Crippen molar-refractivity contribution in [2.45, 2.75) is 53.9 Å². The minimum atomic E-state index is -0.558. The van der Waals surface area contributed by atoms with Gasteiger partial charge in [0.15, 0.2) is 0 Å². The predicted octanol–water partition coefficient (Wildman–Crippen LogP) is 4.03. The van der Waals surface area contributed by atoms with Crippen molar-refractivity contribution in [3.63, 3.8) is 0 Å². The number of rotatable bonds is 2. The van der Waals surface area contributed by atoms with Crippen LogP contribution in [-0.4, -0.2) is 11.7 Å². The second kappa shape index (κ2) is 4.43. The van der Waals surface area contributed by atoms with E-state index in [-0.39, 0.29) is 22.5 Å². The lowest BCUT2D eigenvalue weighted by molar-refractivity contribution is -0.131. The maximum absolute atomic E-state index is 13.0. The van der Waals surface area contributed by atoms with Gasteiger partial charge in [-0.25, -0.2) is 0 Å². The maximum atomic E-state index is 13.0. The first kappa shape index (κ1) is 15.3. The Kier molecular flexibility index (Phi) is 3.08. The van der Waals surface area contributed by atoms with Crippen molar-refractivity contribution in [1.29, 1.82) is 0 Å². The van der Waals surface area contributed by atoms with Crippen LogP contribution < -0.4 is 5.32 Å². The van der Waals surface area contributed by atoms with Gasteiger partial charge in [0.1, 0.15) is 5.78 Å². The van der Waals surface area contributed by atoms with Crippen molar-refractivity contribution in [3.05, 3.63) is 29.3 Å². The fraction of sp³-hybridized carbons (Fsp3) is 0.579. The third kappa shape index (κ3) is 1.68. The van der Waals surface area contributed by atoms with Crippen molar-refractivity contribution in [2.75, 3.05) is 5.32 Å². The molecule has 3 rings (SSSR count). The number of benzene rings is 1. The molecule has 0 radical (unpaired) electrons. The van der Waals surface area contributed by atoms with Gasteiger partial charge in [-0.15, -0.1) is 0 Å². The number of nitrogens with one attached hydrogen (secondary N) is 1. The highest BCUT2D eigenvalue weighted by molar-refractivity contribution is 6.04. The smallest absolute Gasteiger partial charge is 0.231 e. The number of amides is 1. The summed E-state index contributed by atoms with van der Waals surface area (Å²) < 4.78 is 0. The van der Waals surface area contributed by atoms with Crippen LogP contribution in [0.1, 0.15) is 51.2 Å². The average molecular weight is 299 g/mol. The number of hydrogen-bond acceptors (Lipinski definition) is 2. The predicted molar refractivity (Wildman–Crippen MR) is 87.7 cm³/mol. The summed E-state index contributed by atoms with van der Waals surface area (Å²) in [6.45, 7) is 10.3. The molecule has 0 spiro atoms. The molecule has 118 valence electrons. The number of ketones is 1. The van der Waals surface area contributed by atoms with E-state index < -0.39 is 5.41 Å². The Morgan fingerprint density at radius 3 is 2.27 bits per heavy atom. The molecule has 3 heteroatoms. The van der Waals surface area contributed by atoms with E-state index >= 15 is 0 Å². The summed E-state index contributed by atoms with van der Waals surface area (Å²) in [5.41, 5.74) is 1.99. The number of carbonyl (C=O) groups is 2. The van der Waals surface area contributed by atoms with Gasteiger partial charge in [-0.3, -0.25) is 9.59 Å². The number of hydrogen-bond donors (Lipinski definition) is 1. The van der Waals surface area contributed by atoms with E-state index in [0.29, 0.717) is 6.42 Å². The standard InChI is InChI=1S/C19H25NO2/c1-12-6-7-14(10-13(12)2)20-16(22)19-9-8-18(5,15(21)11-19)17(19,3)4/h6-7,10H,8-9,11H2,1-5H3,(H,20,22)/t18-,19-/m0/s1. The Bertz CT molecular complexity index is 676. The van der Waals surface area contributed by atoms with Gasteiger partial charge in [-0.1, -0.05) is 26.8 Å². The second-order valence-corrected chi connectivity index (χ2v) is 7.89. The van der Waals surface area contributed by atoms with Crippen LogP contribution in [0.5, 0.6) is 0 Å². The quantitative estimate of drug-likeness (QED) is 0.896. The Balaban J connectivity index is 1.92. The summed E-state index contributed by atoms with van der Waals surface area (Å²) in [6.07, 6.45) is 2.01. The molecule has 1 N–H and O–H groups in total. The molecule has 1 aromatic rings. The van der Waals surface area contributed by atoms with Crippen LogP contribution in [0.3, 0.4) is 0 Å². The van der Waals surface area contributed by atoms with Crippen LogP contribution in [0.2, 0.25) is 0 Å². The highest BCUT2D eigenvalue weighted by Gasteiger charge is 2.72. The van der Waals surface area contributed by atoms with Crippen LogP contribution in [0.15, 0.2) is 18.2 Å². The lowest BCUT2D eigenvalue weighted by Gasteiger charge is -2.38. The molecule has 0 aliphatic heterocycles. The first-order valence-corrected chi connectivity index (χ1v) is 8.06. The molecule has 0 saturated heterocycles. The van der Waals surface area contributed by atoms with Crippen LogP contribution in [-0.2, 0) is 9.59 Å². The molecule has 22 heavy (non-hydrogen) atoms. The van der Waals surface area contributed by atoms with Crippen molar-refractivity contribution in [3.8, 4) is 0 Å². The SMILES string of the molecule is Cc1ccc(NC(=O)[C@]23CC[C@@](C)(C(=O)C2)C3(C)C)cc1C. The van der Waals surface area contributed by atoms with Gasteiger partial charge >= 0.3 is 0 Å². The minimum Gasteiger partial charge on any atom is -0.326 e. The van der Waals surface area contributed by atoms with Gasteiger partial charge in [0.25, 0.3) is 0 Å². The Hall–Kier alpha value is -1.64. The number of aryl methyl sites for hydroxylation is 2. The molecule has 0 aromatic heterocycles. The molecule has 0 unspecified atom stereocenters. The molecule has 2 aliphatic rings. The number of Topliss-reactive ketones (excluding diaryl/α,β-unsaturated/α-hetero) is 1. The van der Waals surface area contributed by atoms with Crippen molar-refractivity contribution in [1.82, 2.24) is 0 Å². The fourth-order valence-electron chi connectivity index (χ4n) is 4.43. The van der Waals surface area contributed by atoms with E-state index in [1.54, 1.807) is 0 Å². The van der Waals surface area contributed by atoms with E-state index in [1.165, 1.54) is 5.56 Å². The number of carbonyl (C=O) groups excluding carboxylic acids is 2. The largest absolute Gasteiger partial charge is 0.326 e. The van der Waals surface area contributed by atoms with Crippen LogP contribution in [0.4, 0.5) is 5.69 Å². The lowest BCUT2D eigenvalue weighted by atomic mass is 9.64. The first-order chi connectivity index (χ1) is 10.1. The highest BCUT2D eigenvalue weighted by atomic mass is 16.2. The van der Waals surface area contributed by atoms with Crippen molar-refractivity contribution in [2.24, 2.45) is 16.2 Å². The van der Waals surface area contributed by atoms with Crippen LogP contribution in [0.25, 0.3) is 0 Å². The minimum absolute atomic E-state index is 0.00956. The maximum Gasteiger partial charge on any atom is 0.231 e. The molecule has 3 nitrogen and oxygen atoms in total. The summed E-state index contributed by atoms with van der Waals surface area (Å²) in [5.74, 6) is 0.259. The third-order valence-corrected chi connectivity index (χ3v) is 6.90. The van der Waals surface area contributed by atoms with Gasteiger partial charge < -0.3 is 5.32 Å². The summed E-state index contributed by atoms with van der Waals surface area (Å²) >= 11 is 0. The normalized spacial score (nSPS) is 32.3. The van der Waals surface area contributed by atoms with Crippen molar-refractivity contribution < 1.29 is 9.59 Å². The topological polar surface area (TPSA) is 46.2 Å². The summed E-state index contributed by atoms with van der Waals surface area (Å²) in [7, 11) is 0. The van der Waals surface area contributed by atoms with E-state index in [4.69, 9.17) is 0 Å². The molecule has 0 heterocycles. The highest BCUT2D eigenvalue weighted by Crippen LogP contribution is 2.70. The van der Waals surface area contributed by atoms with E-state index in [2.05, 4.69) is 26.1 Å². The summed E-state index contributed by atoms with van der Waals surface area (Å²) in [6, 6.07) is 5.96. The molecule has 2 fully saturated rings. The zero-order valence-electron chi connectivity index (χ0n) is 14.2. The van der Waals surface area contributed by atoms with Crippen LogP contribution in [0, 0.1) is 30.1 Å². The van der Waals surface area contributed by atoms with Gasteiger partial charge in [-0.05, 0) is 55.4 Å². The Morgan fingerprint density at radius 2 is 1.77 bits per heavy atom. The van der Waals surface area contributed by atoms with Crippen LogP contribution >= 0.6 is 0 Å². The second-order valence-electron chi connectivity index (χ2n) is 7.89. The number of fused-ring (bicyclic) bond motifs is 2. The molecule has 1 aromatic carbocycles. The van der Waals surface area contributed by atoms with Gasteiger partial charge in [0.05, 0.1) is 5.41 Å². The van der Waals surface area contributed by atoms with E-state index in [9.17, 15) is 9.59 Å². The van der Waals surface area contributed by atoms with Crippen molar-refractivity contribution >= 4 is 17.4 Å². The van der Waals surface area contributed by atoms with Gasteiger partial charge in [0, 0.05) is 17.5 Å². The molecule has 2 atom stereocenters. The van der Waals surface area contributed by atoms with Gasteiger partial charge in [-0.2, -0.15) is 0 Å². The molecule has 2 aliphatic carbocycles. The monoisotopic (exact) mass is 299 g/mol. The zero-order valence-corrected chi connectivity index (χ0v) is 14.2. The lowest BCUT2D eigenvalue weighted by Crippen LogP contribution is -2.43.